The third-order valence-electron chi connectivity index (χ3n) is 13.7. The zero-order valence-electron chi connectivity index (χ0n) is 39.1. The van der Waals surface area contributed by atoms with Crippen molar-refractivity contribution in [3.8, 4) is 0 Å². The highest BCUT2D eigenvalue weighted by Gasteiger charge is 2.24. The number of carbonyl (C=O) groups excluding carboxylic acids is 6. The van der Waals surface area contributed by atoms with Crippen LogP contribution in [0, 0.1) is 23.7 Å². The fourth-order valence-corrected chi connectivity index (χ4v) is 9.79. The molecule has 0 heterocycles. The third-order valence-corrected chi connectivity index (χ3v) is 13.7. The molecule has 0 unspecified atom stereocenters. The van der Waals surface area contributed by atoms with Crippen molar-refractivity contribution in [1.82, 2.24) is 5.32 Å². The second-order valence-corrected chi connectivity index (χ2v) is 19.1. The van der Waals surface area contributed by atoms with Crippen molar-refractivity contribution >= 4 is 48.2 Å². The van der Waals surface area contributed by atoms with Crippen LogP contribution in [0.25, 0.3) is 0 Å². The Hall–Kier alpha value is -2.93. The maximum atomic E-state index is 12.8. The molecule has 0 aromatic rings. The SMILES string of the molecule is Cl.O=C(CCC1CCCCC1)OCC(COC(=O)CCC1CCCCC1)OC(=O)CCCNCCCC(=O)OC(COC(=O)CCC1CCCCC1)COC(=O)CCC1CCCCC1. The molecule has 0 aromatic heterocycles. The molecule has 64 heavy (non-hydrogen) atoms. The van der Waals surface area contributed by atoms with Crippen LogP contribution in [0.2, 0.25) is 0 Å². The minimum absolute atomic E-state index is 0. The molecule has 0 atom stereocenters. The lowest BCUT2D eigenvalue weighted by atomic mass is 9.86. The van der Waals surface area contributed by atoms with E-state index in [0.29, 0.717) is 75.3 Å². The summed E-state index contributed by atoms with van der Waals surface area (Å²) < 4.78 is 33.3. The van der Waals surface area contributed by atoms with Gasteiger partial charge in [0.15, 0.2) is 12.2 Å². The van der Waals surface area contributed by atoms with Gasteiger partial charge in [-0.2, -0.15) is 0 Å². The highest BCUT2D eigenvalue weighted by Crippen LogP contribution is 2.30. The number of rotatable bonds is 30. The molecule has 13 nitrogen and oxygen atoms in total. The van der Waals surface area contributed by atoms with Crippen LogP contribution in [-0.2, 0) is 57.2 Å². The van der Waals surface area contributed by atoms with E-state index in [9.17, 15) is 28.8 Å². The maximum Gasteiger partial charge on any atom is 0.306 e. The van der Waals surface area contributed by atoms with Gasteiger partial charge in [-0.15, -0.1) is 12.4 Å². The predicted molar refractivity (Wildman–Crippen MR) is 245 cm³/mol. The lowest BCUT2D eigenvalue weighted by Crippen LogP contribution is -2.31. The first-order valence-electron chi connectivity index (χ1n) is 25.4. The Labute approximate surface area is 390 Å². The van der Waals surface area contributed by atoms with Crippen LogP contribution in [0.4, 0.5) is 0 Å². The predicted octanol–water partition coefficient (Wildman–Crippen LogP) is 10.00. The second kappa shape index (κ2) is 34.4. The average Bonchev–Trinajstić information content (AvgIpc) is 3.31. The highest BCUT2D eigenvalue weighted by molar-refractivity contribution is 5.85. The Balaban J connectivity index is 0.0000109. The summed E-state index contributed by atoms with van der Waals surface area (Å²) >= 11 is 0. The largest absolute Gasteiger partial charge is 0.462 e. The zero-order valence-corrected chi connectivity index (χ0v) is 40.0. The van der Waals surface area contributed by atoms with E-state index < -0.39 is 24.1 Å². The number of halogens is 1. The van der Waals surface area contributed by atoms with Crippen molar-refractivity contribution in [2.75, 3.05) is 39.5 Å². The van der Waals surface area contributed by atoms with E-state index in [2.05, 4.69) is 5.32 Å². The van der Waals surface area contributed by atoms with Crippen molar-refractivity contribution in [3.05, 3.63) is 0 Å². The second-order valence-electron chi connectivity index (χ2n) is 19.1. The molecule has 0 amide bonds. The Kier molecular flexibility index (Phi) is 29.8. The van der Waals surface area contributed by atoms with Crippen LogP contribution in [0.1, 0.15) is 205 Å². The Morgan fingerprint density at radius 1 is 0.359 bits per heavy atom. The summed E-state index contributed by atoms with van der Waals surface area (Å²) in [6.45, 7) is 0.352. The van der Waals surface area contributed by atoms with E-state index in [0.717, 1.165) is 77.0 Å². The lowest BCUT2D eigenvalue weighted by molar-refractivity contribution is -0.167. The van der Waals surface area contributed by atoms with Crippen molar-refractivity contribution < 1.29 is 57.2 Å². The summed E-state index contributed by atoms with van der Waals surface area (Å²) in [4.78, 5) is 76.0. The van der Waals surface area contributed by atoms with Crippen molar-refractivity contribution in [3.63, 3.8) is 0 Å². The van der Waals surface area contributed by atoms with Gasteiger partial charge in [0.1, 0.15) is 26.4 Å². The minimum Gasteiger partial charge on any atom is -0.462 e. The fraction of sp³-hybridized carbons (Fsp3) is 0.880. The molecular weight excluding hydrogens is 842 g/mol. The maximum absolute atomic E-state index is 12.8. The van der Waals surface area contributed by atoms with Gasteiger partial charge in [0.2, 0.25) is 0 Å². The molecule has 368 valence electrons. The lowest BCUT2D eigenvalue weighted by Gasteiger charge is -2.22. The molecule has 0 aromatic carbocycles. The first-order valence-corrected chi connectivity index (χ1v) is 25.4. The first-order chi connectivity index (χ1) is 30.7. The molecule has 0 saturated heterocycles. The minimum atomic E-state index is -0.882. The molecule has 0 aliphatic heterocycles. The third kappa shape index (κ3) is 26.3. The molecule has 4 aliphatic rings. The van der Waals surface area contributed by atoms with E-state index in [1.165, 1.54) is 77.0 Å². The van der Waals surface area contributed by atoms with E-state index in [-0.39, 0.29) is 75.6 Å². The standard InChI is InChI=1S/C50H83NO12.ClH/c52-45(29-25-39-15-5-1-6-16-39)58-35-43(36-59-46(53)30-26-40-17-7-2-8-18-40)62-49(56)23-13-33-51-34-14-24-50(57)63-44(37-60-47(54)31-27-41-19-9-3-10-20-41)38-61-48(55)32-28-42-21-11-4-12-22-42;/h39-44,51H,1-38H2;1H. The van der Waals surface area contributed by atoms with Crippen molar-refractivity contribution in [1.29, 1.82) is 0 Å². The first kappa shape index (κ1) is 55.4. The molecular formula is C50H84ClNO12. The molecule has 4 rings (SSSR count). The van der Waals surface area contributed by atoms with Gasteiger partial charge in [-0.25, -0.2) is 0 Å². The monoisotopic (exact) mass is 926 g/mol. The van der Waals surface area contributed by atoms with Crippen LogP contribution in [0.3, 0.4) is 0 Å². The molecule has 0 radical (unpaired) electrons. The van der Waals surface area contributed by atoms with Gasteiger partial charge in [0, 0.05) is 38.5 Å². The summed E-state index contributed by atoms with van der Waals surface area (Å²) in [6.07, 6.45) is 27.7. The van der Waals surface area contributed by atoms with Crippen molar-refractivity contribution in [2.45, 2.75) is 218 Å². The van der Waals surface area contributed by atoms with E-state index in [1.807, 2.05) is 0 Å². The molecule has 0 spiro atoms. The molecule has 4 fully saturated rings. The van der Waals surface area contributed by atoms with Gasteiger partial charge in [-0.05, 0) is 75.3 Å². The van der Waals surface area contributed by atoms with Gasteiger partial charge < -0.3 is 33.7 Å². The van der Waals surface area contributed by atoms with Crippen molar-refractivity contribution in [2.24, 2.45) is 23.7 Å². The number of hydrogen-bond acceptors (Lipinski definition) is 13. The van der Waals surface area contributed by atoms with E-state index in [4.69, 9.17) is 28.4 Å². The molecule has 4 saturated carbocycles. The zero-order chi connectivity index (χ0) is 44.7. The van der Waals surface area contributed by atoms with Gasteiger partial charge in [0.05, 0.1) is 0 Å². The van der Waals surface area contributed by atoms with Gasteiger partial charge in [0.25, 0.3) is 0 Å². The Morgan fingerprint density at radius 3 is 0.859 bits per heavy atom. The normalized spacial score (nSPS) is 17.9. The number of carbonyl (C=O) groups is 6. The van der Waals surface area contributed by atoms with E-state index >= 15 is 0 Å². The van der Waals surface area contributed by atoms with Crippen LogP contribution in [0.5, 0.6) is 0 Å². The molecule has 14 heteroatoms. The fourth-order valence-electron chi connectivity index (χ4n) is 9.79. The summed E-state index contributed by atoms with van der Waals surface area (Å²) in [7, 11) is 0. The number of ether oxygens (including phenoxy) is 6. The summed E-state index contributed by atoms with van der Waals surface area (Å²) in [6, 6.07) is 0. The Bertz CT molecular complexity index is 1150. The highest BCUT2D eigenvalue weighted by atomic mass is 35.5. The summed E-state index contributed by atoms with van der Waals surface area (Å²) in [5.41, 5.74) is 0. The summed E-state index contributed by atoms with van der Waals surface area (Å²) in [5.74, 6) is -0.0902. The van der Waals surface area contributed by atoms with Crippen LogP contribution in [-0.4, -0.2) is 87.5 Å². The smallest absolute Gasteiger partial charge is 0.306 e. The van der Waals surface area contributed by atoms with Gasteiger partial charge >= 0.3 is 35.8 Å². The Morgan fingerprint density at radius 2 is 0.609 bits per heavy atom. The number of nitrogens with one attached hydrogen (secondary N) is 1. The molecule has 4 aliphatic carbocycles. The molecule has 1 N–H and O–H groups in total. The van der Waals surface area contributed by atoms with Gasteiger partial charge in [-0.3, -0.25) is 28.8 Å². The van der Waals surface area contributed by atoms with Crippen LogP contribution >= 0.6 is 12.4 Å². The topological polar surface area (TPSA) is 170 Å². The van der Waals surface area contributed by atoms with E-state index in [1.54, 1.807) is 0 Å². The molecule has 0 bridgehead atoms. The average molecular weight is 927 g/mol. The quantitative estimate of drug-likeness (QED) is 0.0411. The van der Waals surface area contributed by atoms with Gasteiger partial charge in [-0.1, -0.05) is 128 Å². The summed E-state index contributed by atoms with van der Waals surface area (Å²) in [5, 5.41) is 3.23. The van der Waals surface area contributed by atoms with Crippen LogP contribution < -0.4 is 5.32 Å². The van der Waals surface area contributed by atoms with Crippen LogP contribution in [0.15, 0.2) is 0 Å². The number of hydrogen-bond donors (Lipinski definition) is 1. The number of esters is 6.